The average Bonchev–Trinajstić information content (AvgIpc) is 2.63. The molecule has 0 saturated carbocycles. The number of hydrogen-bond donors (Lipinski definition) is 1. The molecule has 3 aromatic rings. The molecule has 150 valence electrons. The van der Waals surface area contributed by atoms with Gasteiger partial charge in [-0.3, -0.25) is 9.78 Å². The maximum Gasteiger partial charge on any atom is 0.257 e. The van der Waals surface area contributed by atoms with Crippen LogP contribution in [-0.2, 0) is 9.84 Å². The number of carbonyl (C=O) groups excluding carboxylic acids is 1. The number of sulfone groups is 1. The van der Waals surface area contributed by atoms with Crippen molar-refractivity contribution in [2.45, 2.75) is 4.90 Å². The molecule has 0 aliphatic carbocycles. The summed E-state index contributed by atoms with van der Waals surface area (Å²) in [4.78, 5) is 16.4. The van der Waals surface area contributed by atoms with Crippen molar-refractivity contribution in [1.29, 1.82) is 0 Å². The second-order valence-corrected chi connectivity index (χ2v) is 8.87. The normalized spacial score (nSPS) is 11.3. The number of nitrogens with zero attached hydrogens (tertiary/aromatic N) is 1. The lowest BCUT2D eigenvalue weighted by Crippen LogP contribution is -2.14. The lowest BCUT2D eigenvalue weighted by Gasteiger charge is -2.12. The van der Waals surface area contributed by atoms with Crippen molar-refractivity contribution in [1.82, 2.24) is 4.98 Å². The van der Waals surface area contributed by atoms with Crippen LogP contribution in [-0.4, -0.2) is 25.6 Å². The van der Waals surface area contributed by atoms with Crippen molar-refractivity contribution in [2.75, 3.05) is 11.6 Å². The summed E-state index contributed by atoms with van der Waals surface area (Å²) in [5.74, 6) is -2.15. The summed E-state index contributed by atoms with van der Waals surface area (Å²) in [6.07, 6.45) is 2.23. The van der Waals surface area contributed by atoms with Crippen LogP contribution in [0.1, 0.15) is 10.4 Å². The topological polar surface area (TPSA) is 76.1 Å². The number of aromatic nitrogens is 1. The van der Waals surface area contributed by atoms with E-state index < -0.39 is 27.4 Å². The number of anilines is 1. The van der Waals surface area contributed by atoms with Crippen LogP contribution >= 0.6 is 23.2 Å². The average molecular weight is 457 g/mol. The predicted octanol–water partition coefficient (Wildman–Crippen LogP) is 4.99. The first-order chi connectivity index (χ1) is 13.6. The van der Waals surface area contributed by atoms with Gasteiger partial charge in [0.15, 0.2) is 9.84 Å². The van der Waals surface area contributed by atoms with Gasteiger partial charge in [0.05, 0.1) is 31.9 Å². The Hall–Kier alpha value is -2.55. The zero-order valence-electron chi connectivity index (χ0n) is 14.7. The van der Waals surface area contributed by atoms with Crippen LogP contribution in [0.15, 0.2) is 53.6 Å². The summed E-state index contributed by atoms with van der Waals surface area (Å²) >= 11 is 12.0. The molecule has 10 heteroatoms. The molecule has 0 fully saturated rings. The molecule has 5 nitrogen and oxygen atoms in total. The summed E-state index contributed by atoms with van der Waals surface area (Å²) in [5.41, 5.74) is 0.0741. The third kappa shape index (κ3) is 4.72. The Kier molecular flexibility index (Phi) is 5.88. The van der Waals surface area contributed by atoms with Gasteiger partial charge in [0.25, 0.3) is 5.91 Å². The lowest BCUT2D eigenvalue weighted by atomic mass is 10.1. The van der Waals surface area contributed by atoms with E-state index in [-0.39, 0.29) is 37.4 Å². The standard InChI is InChI=1S/C19H12Cl2F2N2O3S/c1-29(27,28)11-2-3-12(14(20)7-11)19(26)25-18-8-13(15(21)9-16(18)23)17-6-10(22)4-5-24-17/h2-9H,1H3,(H,25,26). The van der Waals surface area contributed by atoms with Crippen molar-refractivity contribution in [3.63, 3.8) is 0 Å². The van der Waals surface area contributed by atoms with Gasteiger partial charge in [-0.15, -0.1) is 0 Å². The van der Waals surface area contributed by atoms with Gasteiger partial charge in [-0.25, -0.2) is 17.2 Å². The van der Waals surface area contributed by atoms with Crippen molar-refractivity contribution in [3.8, 4) is 11.3 Å². The Morgan fingerprint density at radius 2 is 1.76 bits per heavy atom. The number of nitrogens with one attached hydrogen (secondary N) is 1. The third-order valence-electron chi connectivity index (χ3n) is 3.92. The van der Waals surface area contributed by atoms with Crippen LogP contribution in [0, 0.1) is 11.6 Å². The molecular formula is C19H12Cl2F2N2O3S. The fourth-order valence-electron chi connectivity index (χ4n) is 2.49. The minimum Gasteiger partial charge on any atom is -0.319 e. The zero-order chi connectivity index (χ0) is 21.3. The van der Waals surface area contributed by atoms with Gasteiger partial charge >= 0.3 is 0 Å². The van der Waals surface area contributed by atoms with E-state index in [4.69, 9.17) is 23.2 Å². The number of benzene rings is 2. The Morgan fingerprint density at radius 1 is 1.03 bits per heavy atom. The molecule has 3 rings (SSSR count). The highest BCUT2D eigenvalue weighted by atomic mass is 35.5. The Morgan fingerprint density at radius 3 is 2.38 bits per heavy atom. The molecule has 0 radical (unpaired) electrons. The van der Waals surface area contributed by atoms with Crippen molar-refractivity contribution in [3.05, 3.63) is 75.9 Å². The highest BCUT2D eigenvalue weighted by molar-refractivity contribution is 7.90. The number of amides is 1. The molecule has 0 bridgehead atoms. The lowest BCUT2D eigenvalue weighted by molar-refractivity contribution is 0.102. The Labute approximate surface area is 175 Å². The molecule has 29 heavy (non-hydrogen) atoms. The van der Waals surface area contributed by atoms with Crippen LogP contribution in [0.4, 0.5) is 14.5 Å². The van der Waals surface area contributed by atoms with Crippen molar-refractivity contribution < 1.29 is 22.0 Å². The van der Waals surface area contributed by atoms with E-state index in [1.165, 1.54) is 24.4 Å². The monoisotopic (exact) mass is 456 g/mol. The van der Waals surface area contributed by atoms with Gasteiger partial charge in [-0.2, -0.15) is 0 Å². The van der Waals surface area contributed by atoms with Crippen LogP contribution < -0.4 is 5.32 Å². The molecule has 1 amide bonds. The van der Waals surface area contributed by atoms with Gasteiger partial charge < -0.3 is 5.32 Å². The van der Waals surface area contributed by atoms with Gasteiger partial charge in [-0.1, -0.05) is 23.2 Å². The third-order valence-corrected chi connectivity index (χ3v) is 5.65. The first-order valence-electron chi connectivity index (χ1n) is 7.98. The van der Waals surface area contributed by atoms with Gasteiger partial charge in [-0.05, 0) is 36.4 Å². The van der Waals surface area contributed by atoms with E-state index in [0.29, 0.717) is 0 Å². The van der Waals surface area contributed by atoms with Gasteiger partial charge in [0.1, 0.15) is 11.6 Å². The number of rotatable bonds is 4. The van der Waals surface area contributed by atoms with E-state index in [2.05, 4.69) is 10.3 Å². The summed E-state index contributed by atoms with van der Waals surface area (Å²) < 4.78 is 50.9. The molecule has 0 aliphatic heterocycles. The maximum absolute atomic E-state index is 14.3. The number of halogens is 4. The van der Waals surface area contributed by atoms with Crippen molar-refractivity contribution >= 4 is 44.6 Å². The van der Waals surface area contributed by atoms with Crippen LogP contribution in [0.2, 0.25) is 10.0 Å². The smallest absolute Gasteiger partial charge is 0.257 e. The fraction of sp³-hybridized carbons (Fsp3) is 0.0526. The Balaban J connectivity index is 1.96. The van der Waals surface area contributed by atoms with Crippen molar-refractivity contribution in [2.24, 2.45) is 0 Å². The molecular weight excluding hydrogens is 445 g/mol. The van der Waals surface area contributed by atoms with Crippen LogP contribution in [0.5, 0.6) is 0 Å². The first-order valence-corrected chi connectivity index (χ1v) is 10.6. The second-order valence-electron chi connectivity index (χ2n) is 6.04. The highest BCUT2D eigenvalue weighted by Crippen LogP contribution is 2.32. The summed E-state index contributed by atoms with van der Waals surface area (Å²) in [5, 5.41) is 2.21. The fourth-order valence-corrected chi connectivity index (χ4v) is 3.72. The van der Waals surface area contributed by atoms with Crippen LogP contribution in [0.25, 0.3) is 11.3 Å². The quantitative estimate of drug-likeness (QED) is 0.599. The minimum absolute atomic E-state index is 0.0193. The van der Waals surface area contributed by atoms with E-state index >= 15 is 0 Å². The van der Waals surface area contributed by atoms with Crippen LogP contribution in [0.3, 0.4) is 0 Å². The molecule has 1 heterocycles. The molecule has 0 spiro atoms. The number of carbonyl (C=O) groups is 1. The zero-order valence-corrected chi connectivity index (χ0v) is 17.0. The maximum atomic E-state index is 14.3. The summed E-state index contributed by atoms with van der Waals surface area (Å²) in [7, 11) is -3.51. The largest absolute Gasteiger partial charge is 0.319 e. The van der Waals surface area contributed by atoms with E-state index in [9.17, 15) is 22.0 Å². The van der Waals surface area contributed by atoms with E-state index in [1.807, 2.05) is 0 Å². The predicted molar refractivity (Wildman–Crippen MR) is 107 cm³/mol. The second kappa shape index (κ2) is 8.06. The molecule has 0 saturated heterocycles. The van der Waals surface area contributed by atoms with Gasteiger partial charge in [0, 0.05) is 24.1 Å². The Bertz CT molecular complexity index is 1230. The summed E-state index contributed by atoms with van der Waals surface area (Å²) in [6, 6.07) is 8.01. The first kappa shape index (κ1) is 21.2. The van der Waals surface area contributed by atoms with E-state index in [1.54, 1.807) is 0 Å². The molecule has 0 aliphatic rings. The minimum atomic E-state index is -3.51. The SMILES string of the molecule is CS(=O)(=O)c1ccc(C(=O)Nc2cc(-c3cc(F)ccn3)c(Cl)cc2F)c(Cl)c1. The molecule has 1 N–H and O–H groups in total. The van der Waals surface area contributed by atoms with E-state index in [0.717, 1.165) is 30.5 Å². The highest BCUT2D eigenvalue weighted by Gasteiger charge is 2.18. The molecule has 2 aromatic carbocycles. The molecule has 0 unspecified atom stereocenters. The summed E-state index contributed by atoms with van der Waals surface area (Å²) in [6.45, 7) is 0. The van der Waals surface area contributed by atoms with Gasteiger partial charge in [0.2, 0.25) is 0 Å². The number of pyridine rings is 1. The number of hydrogen-bond acceptors (Lipinski definition) is 4. The molecule has 0 atom stereocenters. The molecule has 1 aromatic heterocycles.